The molecule has 0 unspecified atom stereocenters. The number of carbonyl (C=O) groups excluding carboxylic acids is 1. The zero-order valence-electron chi connectivity index (χ0n) is 12.8. The average molecular weight is 298 g/mol. The largest absolute Gasteiger partial charge is 0.497 e. The minimum Gasteiger partial charge on any atom is -0.497 e. The second-order valence-corrected chi connectivity index (χ2v) is 4.99. The molecule has 1 amide bonds. The monoisotopic (exact) mass is 298 g/mol. The molecule has 2 aromatic rings. The minimum atomic E-state index is 0.0614. The predicted octanol–water partition coefficient (Wildman–Crippen LogP) is 2.86. The van der Waals surface area contributed by atoms with Crippen LogP contribution in [0.25, 0.3) is 0 Å². The summed E-state index contributed by atoms with van der Waals surface area (Å²) in [5.41, 5.74) is 2.19. The molecule has 0 saturated heterocycles. The molecule has 0 heterocycles. The Morgan fingerprint density at radius 1 is 1.05 bits per heavy atom. The van der Waals surface area contributed by atoms with Crippen molar-refractivity contribution in [2.45, 2.75) is 12.8 Å². The fourth-order valence-electron chi connectivity index (χ4n) is 2.14. The Labute approximate surface area is 131 Å². The normalized spacial score (nSPS) is 10.0. The van der Waals surface area contributed by atoms with Crippen molar-refractivity contribution in [1.29, 1.82) is 0 Å². The minimum absolute atomic E-state index is 0.0614. The van der Waals surface area contributed by atoms with Gasteiger partial charge in [0.1, 0.15) is 5.75 Å². The summed E-state index contributed by atoms with van der Waals surface area (Å²) in [6.07, 6.45) is 1.27. The topological polar surface area (TPSA) is 50.4 Å². The van der Waals surface area contributed by atoms with E-state index in [2.05, 4.69) is 10.6 Å². The number of anilines is 1. The third-order valence-corrected chi connectivity index (χ3v) is 3.32. The Hall–Kier alpha value is -2.49. The smallest absolute Gasteiger partial charge is 0.221 e. The van der Waals surface area contributed by atoms with Gasteiger partial charge in [0.05, 0.1) is 7.11 Å². The first-order valence-electron chi connectivity index (χ1n) is 7.46. The first-order valence-corrected chi connectivity index (χ1v) is 7.46. The first-order chi connectivity index (χ1) is 10.8. The Balaban J connectivity index is 1.63. The van der Waals surface area contributed by atoms with Gasteiger partial charge in [-0.2, -0.15) is 0 Å². The van der Waals surface area contributed by atoms with Gasteiger partial charge in [-0.05, 0) is 36.2 Å². The molecule has 2 N–H and O–H groups in total. The molecule has 4 heteroatoms. The van der Waals surface area contributed by atoms with E-state index in [0.717, 1.165) is 23.4 Å². The predicted molar refractivity (Wildman–Crippen MR) is 89.3 cm³/mol. The highest BCUT2D eigenvalue weighted by Gasteiger charge is 2.01. The number of nitrogens with one attached hydrogen (secondary N) is 2. The number of amides is 1. The molecule has 2 aromatic carbocycles. The first kappa shape index (κ1) is 15.9. The van der Waals surface area contributed by atoms with Crippen molar-refractivity contribution in [2.24, 2.45) is 0 Å². The molecule has 0 radical (unpaired) electrons. The molecule has 0 aliphatic carbocycles. The fourth-order valence-corrected chi connectivity index (χ4v) is 2.14. The van der Waals surface area contributed by atoms with Gasteiger partial charge >= 0.3 is 0 Å². The van der Waals surface area contributed by atoms with Crippen molar-refractivity contribution in [1.82, 2.24) is 5.32 Å². The lowest BCUT2D eigenvalue weighted by Crippen LogP contribution is -2.27. The summed E-state index contributed by atoms with van der Waals surface area (Å²) in [7, 11) is 1.65. The zero-order valence-corrected chi connectivity index (χ0v) is 12.8. The van der Waals surface area contributed by atoms with Crippen LogP contribution in [-0.2, 0) is 11.2 Å². The quantitative estimate of drug-likeness (QED) is 0.788. The summed E-state index contributed by atoms with van der Waals surface area (Å²) < 4.78 is 5.18. The third kappa shape index (κ3) is 5.48. The number of methoxy groups -OCH3 is 1. The molecule has 0 bridgehead atoms. The third-order valence-electron chi connectivity index (χ3n) is 3.32. The van der Waals surface area contributed by atoms with E-state index in [4.69, 9.17) is 4.74 Å². The van der Waals surface area contributed by atoms with Crippen molar-refractivity contribution < 1.29 is 9.53 Å². The number of para-hydroxylation sites is 1. The number of benzene rings is 2. The Morgan fingerprint density at radius 2 is 1.86 bits per heavy atom. The molecule has 2 rings (SSSR count). The molecule has 0 spiro atoms. The summed E-state index contributed by atoms with van der Waals surface area (Å²) in [5.74, 6) is 0.905. The summed E-state index contributed by atoms with van der Waals surface area (Å²) in [6.45, 7) is 1.27. The van der Waals surface area contributed by atoms with Gasteiger partial charge in [0.15, 0.2) is 0 Å². The van der Waals surface area contributed by atoms with Crippen LogP contribution in [0, 0.1) is 0 Å². The van der Waals surface area contributed by atoms with Gasteiger partial charge < -0.3 is 15.4 Å². The average Bonchev–Trinajstić information content (AvgIpc) is 2.56. The van der Waals surface area contributed by atoms with Crippen LogP contribution >= 0.6 is 0 Å². The van der Waals surface area contributed by atoms with E-state index in [1.807, 2.05) is 54.6 Å². The van der Waals surface area contributed by atoms with Gasteiger partial charge in [0.2, 0.25) is 5.91 Å². The van der Waals surface area contributed by atoms with E-state index >= 15 is 0 Å². The lowest BCUT2D eigenvalue weighted by molar-refractivity contribution is -0.120. The van der Waals surface area contributed by atoms with Crippen molar-refractivity contribution in [2.75, 3.05) is 25.5 Å². The van der Waals surface area contributed by atoms with Crippen LogP contribution in [0.1, 0.15) is 12.0 Å². The maximum absolute atomic E-state index is 11.8. The molecule has 4 nitrogen and oxygen atoms in total. The van der Waals surface area contributed by atoms with Crippen LogP contribution in [-0.4, -0.2) is 26.1 Å². The molecular weight excluding hydrogens is 276 g/mol. The molecule has 0 aliphatic heterocycles. The van der Waals surface area contributed by atoms with Crippen LogP contribution in [0.15, 0.2) is 54.6 Å². The summed E-state index contributed by atoms with van der Waals surface area (Å²) in [5, 5.41) is 6.16. The number of hydrogen-bond donors (Lipinski definition) is 2. The van der Waals surface area contributed by atoms with E-state index in [-0.39, 0.29) is 5.91 Å². The maximum Gasteiger partial charge on any atom is 0.221 e. The number of carbonyl (C=O) groups is 1. The molecule has 0 aliphatic rings. The molecule has 116 valence electrons. The Bertz CT molecular complexity index is 585. The van der Waals surface area contributed by atoms with Crippen LogP contribution in [0.2, 0.25) is 0 Å². The standard InChI is InChI=1S/C18H22N2O2/c1-22-17-9-5-6-15(14-17)10-12-20-18(21)11-13-19-16-7-3-2-4-8-16/h2-9,14,19H,10-13H2,1H3,(H,20,21). The summed E-state index contributed by atoms with van der Waals surface area (Å²) in [4.78, 5) is 11.8. The number of rotatable bonds is 8. The number of ether oxygens (including phenoxy) is 1. The zero-order chi connectivity index (χ0) is 15.6. The Morgan fingerprint density at radius 3 is 2.64 bits per heavy atom. The van der Waals surface area contributed by atoms with E-state index in [1.54, 1.807) is 7.11 Å². The van der Waals surface area contributed by atoms with Crippen molar-refractivity contribution in [3.8, 4) is 5.75 Å². The van der Waals surface area contributed by atoms with Crippen molar-refractivity contribution in [3.05, 3.63) is 60.2 Å². The van der Waals surface area contributed by atoms with Crippen molar-refractivity contribution in [3.63, 3.8) is 0 Å². The second-order valence-electron chi connectivity index (χ2n) is 4.99. The molecule has 0 atom stereocenters. The van der Waals surface area contributed by atoms with Gasteiger partial charge in [0, 0.05) is 25.2 Å². The summed E-state index contributed by atoms with van der Waals surface area (Å²) in [6, 6.07) is 17.8. The van der Waals surface area contributed by atoms with Crippen molar-refractivity contribution >= 4 is 11.6 Å². The molecular formula is C18H22N2O2. The lowest BCUT2D eigenvalue weighted by atomic mass is 10.1. The van der Waals surface area contributed by atoms with Crippen LogP contribution in [0.3, 0.4) is 0 Å². The van der Waals surface area contributed by atoms with Gasteiger partial charge in [0.25, 0.3) is 0 Å². The van der Waals surface area contributed by atoms with Crippen LogP contribution in [0.4, 0.5) is 5.69 Å². The molecule has 22 heavy (non-hydrogen) atoms. The second kappa shape index (κ2) is 8.72. The summed E-state index contributed by atoms with van der Waals surface area (Å²) >= 11 is 0. The lowest BCUT2D eigenvalue weighted by Gasteiger charge is -2.08. The van der Waals surface area contributed by atoms with Gasteiger partial charge in [-0.15, -0.1) is 0 Å². The molecule has 0 saturated carbocycles. The highest BCUT2D eigenvalue weighted by atomic mass is 16.5. The maximum atomic E-state index is 11.8. The van der Waals surface area contributed by atoms with Crippen LogP contribution < -0.4 is 15.4 Å². The van der Waals surface area contributed by atoms with Crippen LogP contribution in [0.5, 0.6) is 5.75 Å². The number of hydrogen-bond acceptors (Lipinski definition) is 3. The molecule has 0 fully saturated rings. The SMILES string of the molecule is COc1cccc(CCNC(=O)CCNc2ccccc2)c1. The van der Waals surface area contributed by atoms with Gasteiger partial charge in [-0.3, -0.25) is 4.79 Å². The van der Waals surface area contributed by atoms with E-state index in [1.165, 1.54) is 0 Å². The van der Waals surface area contributed by atoms with Gasteiger partial charge in [-0.25, -0.2) is 0 Å². The highest BCUT2D eigenvalue weighted by molar-refractivity contribution is 5.76. The van der Waals surface area contributed by atoms with E-state index in [9.17, 15) is 4.79 Å². The highest BCUT2D eigenvalue weighted by Crippen LogP contribution is 2.12. The van der Waals surface area contributed by atoms with E-state index < -0.39 is 0 Å². The molecule has 0 aromatic heterocycles. The fraction of sp³-hybridized carbons (Fsp3) is 0.278. The van der Waals surface area contributed by atoms with E-state index in [0.29, 0.717) is 19.5 Å². The Kier molecular flexibility index (Phi) is 6.30. The van der Waals surface area contributed by atoms with Gasteiger partial charge in [-0.1, -0.05) is 30.3 Å².